The maximum absolute atomic E-state index is 12.6. The molecule has 0 aliphatic heterocycles. The van der Waals surface area contributed by atoms with Crippen molar-refractivity contribution in [3.8, 4) is 5.75 Å². The van der Waals surface area contributed by atoms with Crippen molar-refractivity contribution in [3.63, 3.8) is 0 Å². The molecule has 138 valence electrons. The lowest BCUT2D eigenvalue weighted by Crippen LogP contribution is -2.26. The molecular formula is C19H20N6O2. The van der Waals surface area contributed by atoms with Crippen LogP contribution in [0.2, 0.25) is 0 Å². The summed E-state index contributed by atoms with van der Waals surface area (Å²) in [5, 5.41) is 14.8. The van der Waals surface area contributed by atoms with Crippen molar-refractivity contribution in [2.75, 3.05) is 12.4 Å². The fraction of sp³-hybridized carbons (Fsp3) is 0.105. The first-order valence-electron chi connectivity index (χ1n) is 8.19. The van der Waals surface area contributed by atoms with Gasteiger partial charge in [-0.25, -0.2) is 5.43 Å². The van der Waals surface area contributed by atoms with Gasteiger partial charge in [-0.1, -0.05) is 12.1 Å². The molecule has 8 heteroatoms. The van der Waals surface area contributed by atoms with Gasteiger partial charge in [0.15, 0.2) is 0 Å². The number of ether oxygens (including phenoxy) is 1. The minimum atomic E-state index is -0.228. The second-order valence-electron chi connectivity index (χ2n) is 5.87. The summed E-state index contributed by atoms with van der Waals surface area (Å²) >= 11 is 0. The fourth-order valence-corrected chi connectivity index (χ4v) is 2.62. The smallest absolute Gasteiger partial charge is 0.257 e. The lowest BCUT2D eigenvalue weighted by atomic mass is 10.1. The molecule has 0 saturated carbocycles. The van der Waals surface area contributed by atoms with Crippen LogP contribution in [0.4, 0.5) is 5.69 Å². The Hall–Kier alpha value is -3.81. The Kier molecular flexibility index (Phi) is 5.07. The summed E-state index contributed by atoms with van der Waals surface area (Å²) in [5.74, 6) is 0.244. The van der Waals surface area contributed by atoms with E-state index >= 15 is 0 Å². The Morgan fingerprint density at radius 2 is 1.96 bits per heavy atom. The molecule has 0 bridgehead atoms. The summed E-state index contributed by atoms with van der Waals surface area (Å²) < 4.78 is 5.23. The number of guanidine groups is 1. The first-order valence-corrected chi connectivity index (χ1v) is 8.19. The molecule has 0 unspecified atom stereocenters. The summed E-state index contributed by atoms with van der Waals surface area (Å²) in [6, 6.07) is 12.8. The van der Waals surface area contributed by atoms with Gasteiger partial charge in [-0.3, -0.25) is 10.2 Å². The molecule has 0 aliphatic carbocycles. The Bertz CT molecular complexity index is 1020. The highest BCUT2D eigenvalue weighted by molar-refractivity contribution is 6.13. The third-order valence-corrected chi connectivity index (χ3v) is 4.04. The SMILES string of the molecule is COc1ccc2[nH]cc(C(=O)Nc3ccc(/C(C)=N/NC(=N)N)cc3)c2c1. The second-order valence-corrected chi connectivity index (χ2v) is 5.87. The third-order valence-electron chi connectivity index (χ3n) is 4.04. The Labute approximate surface area is 155 Å². The average Bonchev–Trinajstić information content (AvgIpc) is 3.09. The number of nitrogens with zero attached hydrogens (tertiary/aromatic N) is 1. The average molecular weight is 364 g/mol. The Morgan fingerprint density at radius 1 is 1.22 bits per heavy atom. The van der Waals surface area contributed by atoms with Crippen LogP contribution in [-0.2, 0) is 0 Å². The highest BCUT2D eigenvalue weighted by Crippen LogP contribution is 2.24. The summed E-state index contributed by atoms with van der Waals surface area (Å²) in [6.45, 7) is 1.79. The maximum atomic E-state index is 12.6. The van der Waals surface area contributed by atoms with Gasteiger partial charge in [-0.15, -0.1) is 0 Å². The topological polar surface area (TPSA) is 128 Å². The zero-order valence-corrected chi connectivity index (χ0v) is 15.0. The van der Waals surface area contributed by atoms with E-state index in [1.165, 1.54) is 0 Å². The number of anilines is 1. The van der Waals surface area contributed by atoms with Gasteiger partial charge in [0.05, 0.1) is 18.4 Å². The van der Waals surface area contributed by atoms with Gasteiger partial charge in [0, 0.05) is 22.8 Å². The predicted molar refractivity (Wildman–Crippen MR) is 107 cm³/mol. The van der Waals surface area contributed by atoms with E-state index in [0.717, 1.165) is 16.5 Å². The normalized spacial score (nSPS) is 11.3. The first-order chi connectivity index (χ1) is 13.0. The molecule has 6 N–H and O–H groups in total. The molecule has 27 heavy (non-hydrogen) atoms. The number of methoxy groups -OCH3 is 1. The monoisotopic (exact) mass is 364 g/mol. The number of benzene rings is 2. The van der Waals surface area contributed by atoms with Crippen molar-refractivity contribution in [1.82, 2.24) is 10.4 Å². The molecule has 1 amide bonds. The number of carbonyl (C=O) groups excluding carboxylic acids is 1. The summed E-state index contributed by atoms with van der Waals surface area (Å²) in [5.41, 5.74) is 11.2. The Balaban J connectivity index is 1.76. The van der Waals surface area contributed by atoms with E-state index in [0.29, 0.717) is 22.7 Å². The van der Waals surface area contributed by atoms with E-state index in [4.69, 9.17) is 15.9 Å². The van der Waals surface area contributed by atoms with Crippen LogP contribution in [0.5, 0.6) is 5.75 Å². The van der Waals surface area contributed by atoms with E-state index in [9.17, 15) is 4.79 Å². The summed E-state index contributed by atoms with van der Waals surface area (Å²) in [4.78, 5) is 15.7. The number of rotatable bonds is 5. The second kappa shape index (κ2) is 7.61. The molecule has 3 aromatic rings. The zero-order valence-electron chi connectivity index (χ0n) is 15.0. The molecule has 0 fully saturated rings. The highest BCUT2D eigenvalue weighted by atomic mass is 16.5. The number of amides is 1. The highest BCUT2D eigenvalue weighted by Gasteiger charge is 2.13. The summed E-state index contributed by atoms with van der Waals surface area (Å²) in [6.07, 6.45) is 1.68. The molecule has 0 aliphatic rings. The third kappa shape index (κ3) is 4.06. The van der Waals surface area contributed by atoms with Crippen molar-refractivity contribution < 1.29 is 9.53 Å². The van der Waals surface area contributed by atoms with Crippen LogP contribution in [0.15, 0.2) is 53.8 Å². The van der Waals surface area contributed by atoms with Crippen LogP contribution in [-0.4, -0.2) is 29.7 Å². The van der Waals surface area contributed by atoms with Crippen molar-refractivity contribution in [2.24, 2.45) is 10.8 Å². The molecule has 0 saturated heterocycles. The number of hydrazone groups is 1. The van der Waals surface area contributed by atoms with E-state index < -0.39 is 0 Å². The fourth-order valence-electron chi connectivity index (χ4n) is 2.62. The van der Waals surface area contributed by atoms with Gasteiger partial charge < -0.3 is 20.8 Å². The van der Waals surface area contributed by atoms with E-state index in [2.05, 4.69) is 20.8 Å². The van der Waals surface area contributed by atoms with Crippen LogP contribution in [0.25, 0.3) is 10.9 Å². The number of aromatic nitrogens is 1. The number of hydrogen-bond donors (Lipinski definition) is 5. The van der Waals surface area contributed by atoms with Crippen molar-refractivity contribution >= 4 is 34.2 Å². The lowest BCUT2D eigenvalue weighted by Gasteiger charge is -2.07. The van der Waals surface area contributed by atoms with Gasteiger partial charge in [0.25, 0.3) is 5.91 Å². The van der Waals surface area contributed by atoms with Crippen LogP contribution in [0.3, 0.4) is 0 Å². The summed E-state index contributed by atoms with van der Waals surface area (Å²) in [7, 11) is 1.59. The number of nitrogens with two attached hydrogens (primary N) is 1. The maximum Gasteiger partial charge on any atom is 0.257 e. The quantitative estimate of drug-likeness (QED) is 0.271. The molecular weight excluding hydrogens is 344 g/mol. The molecule has 1 aromatic heterocycles. The lowest BCUT2D eigenvalue weighted by molar-refractivity contribution is 0.102. The van der Waals surface area contributed by atoms with E-state index in [1.807, 2.05) is 30.3 Å². The predicted octanol–water partition coefficient (Wildman–Crippen LogP) is 2.64. The molecule has 1 heterocycles. The number of hydrogen-bond acceptors (Lipinski definition) is 4. The van der Waals surface area contributed by atoms with Crippen LogP contribution < -0.4 is 21.2 Å². The number of nitrogens with one attached hydrogen (secondary N) is 4. The van der Waals surface area contributed by atoms with Gasteiger partial charge >= 0.3 is 0 Å². The van der Waals surface area contributed by atoms with Crippen molar-refractivity contribution in [1.29, 1.82) is 5.41 Å². The molecule has 0 radical (unpaired) electrons. The molecule has 0 spiro atoms. The molecule has 0 atom stereocenters. The minimum absolute atomic E-state index is 0.217. The first kappa shape index (κ1) is 18.0. The molecule has 8 nitrogen and oxygen atoms in total. The van der Waals surface area contributed by atoms with Crippen molar-refractivity contribution in [2.45, 2.75) is 6.92 Å². The van der Waals surface area contributed by atoms with Crippen molar-refractivity contribution in [3.05, 3.63) is 59.8 Å². The van der Waals surface area contributed by atoms with Gasteiger partial charge in [-0.05, 0) is 42.8 Å². The van der Waals surface area contributed by atoms with Gasteiger partial charge in [0.1, 0.15) is 5.75 Å². The standard InChI is InChI=1S/C19H20N6O2/c1-11(24-25-19(20)21)12-3-5-13(6-4-12)23-18(26)16-10-22-17-8-7-14(27-2)9-15(16)17/h3-10,22H,1-2H3,(H,23,26)(H4,20,21,25)/b24-11+. The van der Waals surface area contributed by atoms with E-state index in [-0.39, 0.29) is 11.9 Å². The Morgan fingerprint density at radius 3 is 2.63 bits per heavy atom. The largest absolute Gasteiger partial charge is 0.497 e. The van der Waals surface area contributed by atoms with Crippen LogP contribution in [0.1, 0.15) is 22.8 Å². The molecule has 3 rings (SSSR count). The number of carbonyl (C=O) groups is 1. The molecule has 2 aromatic carbocycles. The number of fused-ring (bicyclic) bond motifs is 1. The van der Waals surface area contributed by atoms with Crippen LogP contribution in [0, 0.1) is 5.41 Å². The van der Waals surface area contributed by atoms with Gasteiger partial charge in [0.2, 0.25) is 5.96 Å². The van der Waals surface area contributed by atoms with E-state index in [1.54, 1.807) is 32.4 Å². The minimum Gasteiger partial charge on any atom is -0.497 e. The van der Waals surface area contributed by atoms with Crippen LogP contribution >= 0.6 is 0 Å². The number of aromatic amines is 1. The number of H-pyrrole nitrogens is 1. The zero-order chi connectivity index (χ0) is 19.4. The van der Waals surface area contributed by atoms with Gasteiger partial charge in [-0.2, -0.15) is 5.10 Å².